The van der Waals surface area contributed by atoms with Gasteiger partial charge in [0.25, 0.3) is 5.91 Å². The summed E-state index contributed by atoms with van der Waals surface area (Å²) in [5, 5.41) is 18.3. The summed E-state index contributed by atoms with van der Waals surface area (Å²) in [6.07, 6.45) is 4.84. The smallest absolute Gasteiger partial charge is 0.257 e. The molecule has 0 saturated carbocycles. The Bertz CT molecular complexity index is 1680. The first-order valence-corrected chi connectivity index (χ1v) is 19.1. The maximum Gasteiger partial charge on any atom is 0.257 e. The zero-order valence-corrected chi connectivity index (χ0v) is 26.8. The lowest BCUT2D eigenvalue weighted by molar-refractivity contribution is 0.0814. The summed E-state index contributed by atoms with van der Waals surface area (Å²) >= 11 is 0. The van der Waals surface area contributed by atoms with E-state index in [4.69, 9.17) is 9.84 Å². The highest BCUT2D eigenvalue weighted by Crippen LogP contribution is 2.40. The summed E-state index contributed by atoms with van der Waals surface area (Å²) in [6, 6.07) is 9.44. The number of carbonyl (C=O) groups excluding carboxylic acids is 1. The number of nitrogens with zero attached hydrogens (tertiary/aromatic N) is 6. The lowest BCUT2D eigenvalue weighted by Gasteiger charge is -2.25. The van der Waals surface area contributed by atoms with E-state index < -0.39 is 25.8 Å². The van der Waals surface area contributed by atoms with Crippen LogP contribution in [0.3, 0.4) is 0 Å². The minimum Gasteiger partial charge on any atom is -0.391 e. The van der Waals surface area contributed by atoms with E-state index in [9.17, 15) is 18.7 Å². The lowest BCUT2D eigenvalue weighted by Crippen LogP contribution is -2.24. The van der Waals surface area contributed by atoms with Gasteiger partial charge < -0.3 is 25.0 Å². The zero-order chi connectivity index (χ0) is 31.7. The highest BCUT2D eigenvalue weighted by Gasteiger charge is 2.32. The molecule has 1 amide bonds. The van der Waals surface area contributed by atoms with Crippen molar-refractivity contribution >= 4 is 42.3 Å². The zero-order valence-electron chi connectivity index (χ0n) is 25.8. The van der Waals surface area contributed by atoms with E-state index in [1.54, 1.807) is 23.0 Å². The number of benzene rings is 1. The fourth-order valence-corrected chi connectivity index (χ4v) is 6.67. The number of rotatable bonds is 10. The molecule has 0 spiro atoms. The second kappa shape index (κ2) is 12.8. The fraction of sp³-hybridized carbons (Fsp3) is 0.438. The normalized spacial score (nSPS) is 18.7. The third-order valence-corrected chi connectivity index (χ3v) is 10.1. The number of hydrogen-bond donors (Lipinski definition) is 2. The van der Waals surface area contributed by atoms with E-state index in [0.717, 1.165) is 24.6 Å². The monoisotopic (exact) mass is 635 g/mol. The molecule has 0 aliphatic carbocycles. The van der Waals surface area contributed by atoms with Crippen molar-refractivity contribution in [2.45, 2.75) is 63.8 Å². The van der Waals surface area contributed by atoms with Crippen molar-refractivity contribution < 1.29 is 23.4 Å². The molecule has 10 nitrogen and oxygen atoms in total. The number of pyridine rings is 2. The standard InChI is InChI=1S/C32H39F2N7O3Si/c1-45(2,3)14-13-44-20-41-30-26(31(38-41)40-11-4-5-28(40)25-15-22(33)7-8-27(25)34)16-23(18-36-30)37-32(43)21-6-9-29(35-17-21)39-12-10-24(42)19-39/h6-9,15-18,24,28,42H,4-5,10-14,19-20H2,1-3H3,(H,37,43)/t24-,28?/m0/s1. The van der Waals surface area contributed by atoms with Gasteiger partial charge in [0.05, 0.1) is 35.0 Å². The molecule has 1 aromatic carbocycles. The van der Waals surface area contributed by atoms with Crippen molar-refractivity contribution in [2.24, 2.45) is 0 Å². The van der Waals surface area contributed by atoms with Crippen molar-refractivity contribution in [1.29, 1.82) is 0 Å². The van der Waals surface area contributed by atoms with Gasteiger partial charge in [-0.1, -0.05) is 19.6 Å². The molecule has 2 fully saturated rings. The number of aliphatic hydroxyl groups excluding tert-OH is 1. The Kier molecular flexibility index (Phi) is 8.84. The quantitative estimate of drug-likeness (QED) is 0.172. The number of halogens is 2. The third-order valence-electron chi connectivity index (χ3n) is 8.37. The van der Waals surface area contributed by atoms with Crippen LogP contribution in [0.5, 0.6) is 0 Å². The number of aromatic nitrogens is 4. The number of ether oxygens (including phenoxy) is 1. The molecule has 2 N–H and O–H groups in total. The van der Waals surface area contributed by atoms with Gasteiger partial charge in [-0.15, -0.1) is 0 Å². The third kappa shape index (κ3) is 7.00. The summed E-state index contributed by atoms with van der Waals surface area (Å²) in [4.78, 5) is 26.2. The van der Waals surface area contributed by atoms with Crippen LogP contribution in [-0.4, -0.2) is 71.2 Å². The van der Waals surface area contributed by atoms with Gasteiger partial charge in [-0.2, -0.15) is 5.10 Å². The maximum absolute atomic E-state index is 14.9. The average Bonchev–Trinajstić information content (AvgIpc) is 3.75. The van der Waals surface area contributed by atoms with Crippen LogP contribution in [0.25, 0.3) is 11.0 Å². The second-order valence-electron chi connectivity index (χ2n) is 13.0. The molecule has 238 valence electrons. The van der Waals surface area contributed by atoms with Crippen molar-refractivity contribution in [3.8, 4) is 0 Å². The predicted molar refractivity (Wildman–Crippen MR) is 172 cm³/mol. The summed E-state index contributed by atoms with van der Waals surface area (Å²) in [5.74, 6) is -0.00581. The molecular weight excluding hydrogens is 596 g/mol. The van der Waals surface area contributed by atoms with Crippen LogP contribution in [0.4, 0.5) is 26.1 Å². The molecule has 3 aromatic heterocycles. The minimum atomic E-state index is -1.29. The van der Waals surface area contributed by atoms with Crippen molar-refractivity contribution in [3.05, 3.63) is 71.6 Å². The largest absolute Gasteiger partial charge is 0.391 e. The number of aliphatic hydroxyl groups is 1. The van der Waals surface area contributed by atoms with Gasteiger partial charge >= 0.3 is 0 Å². The first kappa shape index (κ1) is 31.1. The number of anilines is 3. The van der Waals surface area contributed by atoms with Crippen LogP contribution in [0.2, 0.25) is 25.7 Å². The number of fused-ring (bicyclic) bond motifs is 1. The van der Waals surface area contributed by atoms with Gasteiger partial charge in [0.1, 0.15) is 24.2 Å². The molecule has 2 aliphatic rings. The van der Waals surface area contributed by atoms with Crippen LogP contribution >= 0.6 is 0 Å². The van der Waals surface area contributed by atoms with Crippen molar-refractivity contribution in [3.63, 3.8) is 0 Å². The average molecular weight is 636 g/mol. The summed E-state index contributed by atoms with van der Waals surface area (Å²) < 4.78 is 36.8. The second-order valence-corrected chi connectivity index (χ2v) is 18.7. The Morgan fingerprint density at radius 2 is 1.93 bits per heavy atom. The fourth-order valence-electron chi connectivity index (χ4n) is 5.92. The molecule has 4 aromatic rings. The Labute approximate surface area is 262 Å². The molecule has 2 aliphatic heterocycles. The molecule has 1 unspecified atom stereocenters. The first-order chi connectivity index (χ1) is 21.6. The van der Waals surface area contributed by atoms with Crippen LogP contribution in [0, 0.1) is 11.6 Å². The van der Waals surface area contributed by atoms with E-state index in [2.05, 4.69) is 34.9 Å². The summed E-state index contributed by atoms with van der Waals surface area (Å²) in [6.45, 7) is 9.51. The van der Waals surface area contributed by atoms with E-state index in [-0.39, 0.29) is 18.7 Å². The van der Waals surface area contributed by atoms with Crippen molar-refractivity contribution in [2.75, 3.05) is 41.4 Å². The first-order valence-electron chi connectivity index (χ1n) is 15.4. The number of carbonyl (C=O) groups is 1. The van der Waals surface area contributed by atoms with Gasteiger partial charge in [0.15, 0.2) is 11.5 Å². The van der Waals surface area contributed by atoms with Gasteiger partial charge in [-0.05, 0) is 61.7 Å². The number of β-amino-alcohol motifs (C(OH)–C–C–N with tert-alkyl or cyclic N) is 1. The molecule has 0 bridgehead atoms. The number of nitrogens with one attached hydrogen (secondary N) is 1. The van der Waals surface area contributed by atoms with Gasteiger partial charge in [-0.3, -0.25) is 4.79 Å². The van der Waals surface area contributed by atoms with Crippen LogP contribution in [0.15, 0.2) is 48.8 Å². The predicted octanol–water partition coefficient (Wildman–Crippen LogP) is 5.58. The Balaban J connectivity index is 1.28. The number of hydrogen-bond acceptors (Lipinski definition) is 8. The topological polar surface area (TPSA) is 109 Å². The van der Waals surface area contributed by atoms with Gasteiger partial charge in [0.2, 0.25) is 0 Å². The minimum absolute atomic E-state index is 0.193. The van der Waals surface area contributed by atoms with E-state index in [1.807, 2.05) is 15.9 Å². The van der Waals surface area contributed by atoms with E-state index >= 15 is 0 Å². The molecule has 2 atom stereocenters. The highest BCUT2D eigenvalue weighted by molar-refractivity contribution is 6.76. The van der Waals surface area contributed by atoms with Crippen LogP contribution < -0.4 is 15.1 Å². The molecule has 45 heavy (non-hydrogen) atoms. The molecule has 2 saturated heterocycles. The van der Waals surface area contributed by atoms with Crippen LogP contribution in [0.1, 0.15) is 41.2 Å². The van der Waals surface area contributed by atoms with E-state index in [0.29, 0.717) is 78.6 Å². The Morgan fingerprint density at radius 1 is 1.09 bits per heavy atom. The molecule has 6 rings (SSSR count). The molecule has 5 heterocycles. The van der Waals surface area contributed by atoms with Crippen molar-refractivity contribution in [1.82, 2.24) is 19.7 Å². The molecule has 13 heteroatoms. The van der Waals surface area contributed by atoms with Gasteiger partial charge in [-0.25, -0.2) is 23.4 Å². The maximum atomic E-state index is 14.9. The molecular formula is C32H39F2N7O3Si. The van der Waals surface area contributed by atoms with Gasteiger partial charge in [0, 0.05) is 46.1 Å². The lowest BCUT2D eigenvalue weighted by atomic mass is 10.0. The molecule has 0 radical (unpaired) electrons. The van der Waals surface area contributed by atoms with Crippen LogP contribution in [-0.2, 0) is 11.5 Å². The van der Waals surface area contributed by atoms with E-state index in [1.165, 1.54) is 12.3 Å². The summed E-state index contributed by atoms with van der Waals surface area (Å²) in [7, 11) is -1.29. The SMILES string of the molecule is C[Si](C)(C)CCOCn1nc(N2CCCC2c2cc(F)ccc2F)c2cc(NC(=O)c3ccc(N4CC[C@H](O)C4)nc3)cnc21. The summed E-state index contributed by atoms with van der Waals surface area (Å²) in [5.41, 5.74) is 1.71. The Morgan fingerprint density at radius 3 is 2.67 bits per heavy atom. The number of amides is 1. The highest BCUT2D eigenvalue weighted by atomic mass is 28.3. The Hall–Kier alpha value is -3.94.